The van der Waals surface area contributed by atoms with Gasteiger partial charge < -0.3 is 25.2 Å². The molecular weight excluding hydrogens is 481 g/mol. The zero-order chi connectivity index (χ0) is 24.9. The Morgan fingerprint density at radius 2 is 1.97 bits per heavy atom. The molecule has 0 aromatic heterocycles. The van der Waals surface area contributed by atoms with Crippen LogP contribution in [-0.4, -0.2) is 75.5 Å². The monoisotopic (exact) mass is 509 g/mol. The van der Waals surface area contributed by atoms with Gasteiger partial charge in [-0.3, -0.25) is 19.3 Å². The summed E-state index contributed by atoms with van der Waals surface area (Å²) in [4.78, 5) is 53.4. The minimum absolute atomic E-state index is 0. The Labute approximate surface area is 230 Å². The second kappa shape index (κ2) is 10.7. The molecule has 4 rings (SSSR count). The van der Waals surface area contributed by atoms with Gasteiger partial charge in [0.25, 0.3) is 0 Å². The molecule has 0 unspecified atom stereocenters. The molecule has 2 saturated heterocycles. The van der Waals surface area contributed by atoms with Crippen molar-refractivity contribution in [2.24, 2.45) is 11.8 Å². The molecular formula is C24H28N3NaO6S. The van der Waals surface area contributed by atoms with Crippen LogP contribution in [0.4, 0.5) is 5.69 Å². The van der Waals surface area contributed by atoms with Gasteiger partial charge in [0.2, 0.25) is 11.8 Å². The van der Waals surface area contributed by atoms with E-state index in [1.54, 1.807) is 24.0 Å². The molecule has 11 heteroatoms. The van der Waals surface area contributed by atoms with E-state index in [0.717, 1.165) is 4.91 Å². The predicted octanol–water partition coefficient (Wildman–Crippen LogP) is -2.54. The van der Waals surface area contributed by atoms with Crippen molar-refractivity contribution in [2.75, 3.05) is 18.9 Å². The minimum atomic E-state index is -1.31. The Morgan fingerprint density at radius 3 is 2.57 bits per heavy atom. The average Bonchev–Trinajstić information content (AvgIpc) is 3.24. The minimum Gasteiger partial charge on any atom is -0.545 e. The standard InChI is InChI=1S/C24H29N3O6S.Na/c1-11-19-18(12(2)28)23(31)27(19)20(13(3)29)21(11)34-16-9-17(26(4)10-16)22(30)25-15-7-5-6-14(8-15)24(32)33;/h5-8,11-12,16-19,28H,9-10H2,1-4H3,(H,25,30)(H,32,33);/q;+1/p-1/t11-,12-,16+,17+,18-,19-;/m1./s1. The van der Waals surface area contributed by atoms with E-state index in [1.807, 2.05) is 18.9 Å². The molecule has 3 aliphatic rings. The number of aliphatic hydroxyl groups excluding tert-OH is 1. The number of likely N-dealkylation sites (N-methyl/N-ethyl adjacent to an activating group) is 1. The topological polar surface area (TPSA) is 130 Å². The number of carboxylic acids is 1. The summed E-state index contributed by atoms with van der Waals surface area (Å²) in [5.41, 5.74) is 0.785. The number of nitrogens with zero attached hydrogens (tertiary/aromatic N) is 2. The van der Waals surface area contributed by atoms with E-state index in [4.69, 9.17) is 0 Å². The first-order valence-corrected chi connectivity index (χ1v) is 12.1. The second-order valence-corrected chi connectivity index (χ2v) is 10.7. The van der Waals surface area contributed by atoms with Gasteiger partial charge in [-0.2, -0.15) is 0 Å². The second-order valence-electron chi connectivity index (χ2n) is 9.31. The maximum Gasteiger partial charge on any atom is 1.00 e. The van der Waals surface area contributed by atoms with Crippen molar-refractivity contribution in [2.45, 2.75) is 50.6 Å². The number of carbonyl (C=O) groups is 4. The number of Topliss-reactive ketones (excluding diaryl/α,β-unsaturated/α-hetero) is 1. The molecule has 6 atom stereocenters. The summed E-state index contributed by atoms with van der Waals surface area (Å²) in [6, 6.07) is 5.28. The van der Waals surface area contributed by atoms with Crippen LogP contribution in [0.5, 0.6) is 0 Å². The van der Waals surface area contributed by atoms with E-state index in [0.29, 0.717) is 24.4 Å². The van der Waals surface area contributed by atoms with Crippen molar-refractivity contribution in [3.8, 4) is 0 Å². The van der Waals surface area contributed by atoms with Gasteiger partial charge >= 0.3 is 29.6 Å². The molecule has 0 bridgehead atoms. The molecule has 3 heterocycles. The van der Waals surface area contributed by atoms with E-state index in [-0.39, 0.29) is 69.9 Å². The van der Waals surface area contributed by atoms with Gasteiger partial charge in [-0.05, 0) is 38.1 Å². The SMILES string of the molecule is CC(=O)C1=C(S[C@H]2C[C@@H](C(=O)Nc3cccc(C(=O)[O-])c3)N(C)C2)[C@H](C)[C@@H]2[C@@H]([C@@H](C)O)C(=O)N12.[Na+]. The molecule has 0 aliphatic carbocycles. The Bertz CT molecular complexity index is 1090. The summed E-state index contributed by atoms with van der Waals surface area (Å²) >= 11 is 1.54. The third-order valence-corrected chi connectivity index (χ3v) is 8.41. The maximum absolute atomic E-state index is 12.9. The number of likely N-dealkylation sites (tertiary alicyclic amines) is 1. The number of benzene rings is 1. The first-order chi connectivity index (χ1) is 16.0. The van der Waals surface area contributed by atoms with Crippen LogP contribution < -0.4 is 40.0 Å². The van der Waals surface area contributed by atoms with Crippen LogP contribution in [0, 0.1) is 11.8 Å². The number of aliphatic hydroxyl groups is 1. The van der Waals surface area contributed by atoms with Crippen LogP contribution in [-0.2, 0) is 14.4 Å². The van der Waals surface area contributed by atoms with Crippen molar-refractivity contribution in [3.63, 3.8) is 0 Å². The van der Waals surface area contributed by atoms with Gasteiger partial charge in [0.15, 0.2) is 5.78 Å². The Hall–Kier alpha value is -1.69. The molecule has 0 saturated carbocycles. The number of ketones is 1. The summed E-state index contributed by atoms with van der Waals surface area (Å²) in [6.07, 6.45) is -0.248. The van der Waals surface area contributed by atoms with Gasteiger partial charge in [0, 0.05) is 35.2 Å². The zero-order valence-electron chi connectivity index (χ0n) is 20.5. The van der Waals surface area contributed by atoms with Gasteiger partial charge in [0.05, 0.1) is 35.8 Å². The van der Waals surface area contributed by atoms with Crippen LogP contribution in [0.3, 0.4) is 0 Å². The van der Waals surface area contributed by atoms with E-state index >= 15 is 0 Å². The number of hydrogen-bond acceptors (Lipinski definition) is 8. The number of rotatable bonds is 7. The van der Waals surface area contributed by atoms with Gasteiger partial charge in [0.1, 0.15) is 0 Å². The molecule has 35 heavy (non-hydrogen) atoms. The zero-order valence-corrected chi connectivity index (χ0v) is 23.3. The smallest absolute Gasteiger partial charge is 0.545 e. The molecule has 1 aromatic carbocycles. The van der Waals surface area contributed by atoms with Crippen LogP contribution in [0.2, 0.25) is 0 Å². The predicted molar refractivity (Wildman–Crippen MR) is 124 cm³/mol. The fraction of sp³-hybridized carbons (Fsp3) is 0.500. The van der Waals surface area contributed by atoms with Crippen LogP contribution in [0.15, 0.2) is 34.9 Å². The van der Waals surface area contributed by atoms with Gasteiger partial charge in [-0.15, -0.1) is 11.8 Å². The summed E-state index contributed by atoms with van der Waals surface area (Å²) in [7, 11) is 1.85. The van der Waals surface area contributed by atoms with E-state index in [9.17, 15) is 29.4 Å². The molecule has 9 nitrogen and oxygen atoms in total. The number of β-lactam (4-membered cyclic amide) rings is 1. The van der Waals surface area contributed by atoms with E-state index < -0.39 is 24.0 Å². The molecule has 3 aliphatic heterocycles. The van der Waals surface area contributed by atoms with Crippen molar-refractivity contribution in [3.05, 3.63) is 40.4 Å². The number of carbonyl (C=O) groups excluding carboxylic acids is 4. The molecule has 1 aromatic rings. The molecule has 182 valence electrons. The van der Waals surface area contributed by atoms with Crippen LogP contribution in [0.25, 0.3) is 0 Å². The first kappa shape index (κ1) is 27.9. The number of fused-ring (bicyclic) bond motifs is 1. The number of allylic oxidation sites excluding steroid dienone is 1. The largest absolute Gasteiger partial charge is 1.00 e. The fourth-order valence-corrected chi connectivity index (χ4v) is 6.94. The molecule has 2 amide bonds. The number of thioether (sulfide) groups is 1. The van der Waals surface area contributed by atoms with Crippen molar-refractivity contribution in [1.82, 2.24) is 9.80 Å². The Kier molecular flexibility index (Phi) is 8.56. The third kappa shape index (κ3) is 5.10. The summed E-state index contributed by atoms with van der Waals surface area (Å²) < 4.78 is 0. The number of nitrogens with one attached hydrogen (secondary N) is 1. The summed E-state index contributed by atoms with van der Waals surface area (Å²) in [6.45, 7) is 5.64. The van der Waals surface area contributed by atoms with Crippen LogP contribution >= 0.6 is 11.8 Å². The Morgan fingerprint density at radius 1 is 1.29 bits per heavy atom. The van der Waals surface area contributed by atoms with Gasteiger partial charge in [-0.1, -0.05) is 19.1 Å². The van der Waals surface area contributed by atoms with Crippen molar-refractivity contribution in [1.29, 1.82) is 0 Å². The fourth-order valence-electron chi connectivity index (χ4n) is 5.29. The van der Waals surface area contributed by atoms with E-state index in [1.165, 1.54) is 30.8 Å². The summed E-state index contributed by atoms with van der Waals surface area (Å²) in [5.74, 6) is -2.54. The first-order valence-electron chi connectivity index (χ1n) is 11.3. The summed E-state index contributed by atoms with van der Waals surface area (Å²) in [5, 5.41) is 23.9. The average molecular weight is 510 g/mol. The van der Waals surface area contributed by atoms with Gasteiger partial charge in [-0.25, -0.2) is 0 Å². The number of carboxylic acid groups (broad SMARTS) is 1. The molecule has 0 spiro atoms. The van der Waals surface area contributed by atoms with Crippen LogP contribution in [0.1, 0.15) is 37.6 Å². The maximum atomic E-state index is 12.9. The quantitative estimate of drug-likeness (QED) is 0.304. The van der Waals surface area contributed by atoms with Crippen molar-refractivity contribution < 1.29 is 58.9 Å². The Balaban J connectivity index is 0.00000342. The normalized spacial score (nSPS) is 28.8. The number of anilines is 1. The van der Waals surface area contributed by atoms with E-state index in [2.05, 4.69) is 5.32 Å². The molecule has 2 fully saturated rings. The number of amides is 2. The number of hydrogen-bond donors (Lipinski definition) is 2. The molecule has 2 N–H and O–H groups in total. The number of aromatic carboxylic acids is 1. The third-order valence-electron chi connectivity index (χ3n) is 6.91. The molecule has 0 radical (unpaired) electrons. The van der Waals surface area contributed by atoms with Crippen molar-refractivity contribution >= 4 is 41.0 Å².